The third kappa shape index (κ3) is 5.01. The van der Waals surface area contributed by atoms with Crippen LogP contribution in [0.4, 0.5) is 5.69 Å². The number of anilines is 1. The van der Waals surface area contributed by atoms with Gasteiger partial charge in [0.1, 0.15) is 5.75 Å². The quantitative estimate of drug-likeness (QED) is 0.809. The Labute approximate surface area is 144 Å². The van der Waals surface area contributed by atoms with Gasteiger partial charge in [-0.05, 0) is 37.1 Å². The zero-order valence-electron chi connectivity index (χ0n) is 14.7. The van der Waals surface area contributed by atoms with Gasteiger partial charge in [0, 0.05) is 25.8 Å². The maximum absolute atomic E-state index is 12.2. The Morgan fingerprint density at radius 1 is 1.12 bits per heavy atom. The molecule has 2 aromatic rings. The summed E-state index contributed by atoms with van der Waals surface area (Å²) in [6.07, 6.45) is 0.367. The summed E-state index contributed by atoms with van der Waals surface area (Å²) >= 11 is 0. The molecule has 2 rings (SSSR count). The van der Waals surface area contributed by atoms with Gasteiger partial charge in [0.05, 0.1) is 0 Å². The molecular weight excluding hydrogens is 300 g/mol. The zero-order chi connectivity index (χ0) is 17.4. The number of rotatable bonds is 8. The minimum atomic E-state index is -0.514. The topological polar surface area (TPSA) is 41.6 Å². The minimum Gasteiger partial charge on any atom is -0.481 e. The summed E-state index contributed by atoms with van der Waals surface area (Å²) in [5, 5.41) is 2.94. The number of likely N-dealkylation sites (N-methyl/N-ethyl adjacent to an activating group) is 1. The number of hydrogen-bond donors (Lipinski definition) is 1. The van der Waals surface area contributed by atoms with Gasteiger partial charge in [-0.15, -0.1) is 0 Å². The van der Waals surface area contributed by atoms with Gasteiger partial charge in [-0.25, -0.2) is 0 Å². The van der Waals surface area contributed by atoms with Gasteiger partial charge in [0.15, 0.2) is 6.10 Å². The molecule has 0 aliphatic rings. The normalized spacial score (nSPS) is 11.6. The lowest BCUT2D eigenvalue weighted by molar-refractivity contribution is -0.127. The van der Waals surface area contributed by atoms with E-state index in [4.69, 9.17) is 4.74 Å². The molecule has 0 aliphatic carbocycles. The highest BCUT2D eigenvalue weighted by Gasteiger charge is 2.15. The van der Waals surface area contributed by atoms with Crippen molar-refractivity contribution in [2.75, 3.05) is 25.0 Å². The van der Waals surface area contributed by atoms with E-state index in [9.17, 15) is 4.79 Å². The van der Waals surface area contributed by atoms with Crippen LogP contribution in [-0.2, 0) is 11.2 Å². The van der Waals surface area contributed by atoms with Crippen molar-refractivity contribution in [2.45, 2.75) is 26.4 Å². The molecule has 0 fully saturated rings. The van der Waals surface area contributed by atoms with E-state index in [0.29, 0.717) is 6.54 Å². The van der Waals surface area contributed by atoms with Crippen molar-refractivity contribution in [3.05, 3.63) is 60.2 Å². The van der Waals surface area contributed by atoms with Crippen LogP contribution in [0, 0.1) is 0 Å². The van der Waals surface area contributed by atoms with Gasteiger partial charge >= 0.3 is 0 Å². The van der Waals surface area contributed by atoms with Crippen molar-refractivity contribution in [1.29, 1.82) is 0 Å². The molecule has 0 bridgehead atoms. The van der Waals surface area contributed by atoms with E-state index in [-0.39, 0.29) is 5.91 Å². The van der Waals surface area contributed by atoms with Gasteiger partial charge < -0.3 is 15.0 Å². The number of para-hydroxylation sites is 2. The Morgan fingerprint density at radius 3 is 2.50 bits per heavy atom. The fraction of sp³-hybridized carbons (Fsp3) is 0.350. The molecule has 0 aliphatic heterocycles. The Kier molecular flexibility index (Phi) is 6.67. The van der Waals surface area contributed by atoms with Gasteiger partial charge in [-0.2, -0.15) is 0 Å². The van der Waals surface area contributed by atoms with Gasteiger partial charge in [-0.1, -0.05) is 43.3 Å². The SMILES string of the molecule is CCc1ccccc1O[C@@H](C)C(=O)NCCN(C)c1ccccc1. The molecule has 0 spiro atoms. The molecule has 0 saturated carbocycles. The number of aryl methyl sites for hydroxylation is 1. The van der Waals surface area contributed by atoms with E-state index in [2.05, 4.69) is 29.3 Å². The second-order valence-corrected chi connectivity index (χ2v) is 5.77. The maximum Gasteiger partial charge on any atom is 0.260 e. The molecule has 0 unspecified atom stereocenters. The lowest BCUT2D eigenvalue weighted by Crippen LogP contribution is -2.40. The maximum atomic E-state index is 12.2. The summed E-state index contributed by atoms with van der Waals surface area (Å²) < 4.78 is 5.81. The molecule has 24 heavy (non-hydrogen) atoms. The molecule has 128 valence electrons. The van der Waals surface area contributed by atoms with Gasteiger partial charge in [0.25, 0.3) is 5.91 Å². The van der Waals surface area contributed by atoms with Crippen molar-refractivity contribution < 1.29 is 9.53 Å². The molecule has 2 aromatic carbocycles. The first kappa shape index (κ1) is 17.9. The number of carbonyl (C=O) groups excluding carboxylic acids is 1. The number of carbonyl (C=O) groups is 1. The van der Waals surface area contributed by atoms with E-state index < -0.39 is 6.10 Å². The smallest absolute Gasteiger partial charge is 0.260 e. The minimum absolute atomic E-state index is 0.0950. The first-order valence-electron chi connectivity index (χ1n) is 8.40. The molecule has 1 N–H and O–H groups in total. The van der Waals surface area contributed by atoms with Crippen LogP contribution in [0.3, 0.4) is 0 Å². The molecule has 1 amide bonds. The summed E-state index contributed by atoms with van der Waals surface area (Å²) in [6.45, 7) is 5.18. The first-order chi connectivity index (χ1) is 11.6. The highest BCUT2D eigenvalue weighted by atomic mass is 16.5. The second-order valence-electron chi connectivity index (χ2n) is 5.77. The van der Waals surface area contributed by atoms with Crippen molar-refractivity contribution in [1.82, 2.24) is 5.32 Å². The number of benzene rings is 2. The largest absolute Gasteiger partial charge is 0.481 e. The molecule has 1 atom stereocenters. The van der Waals surface area contributed by atoms with Crippen LogP contribution in [0.15, 0.2) is 54.6 Å². The van der Waals surface area contributed by atoms with E-state index in [1.165, 1.54) is 0 Å². The number of hydrogen-bond acceptors (Lipinski definition) is 3. The summed E-state index contributed by atoms with van der Waals surface area (Å²) in [5.74, 6) is 0.687. The van der Waals surface area contributed by atoms with E-state index in [1.807, 2.05) is 49.5 Å². The van der Waals surface area contributed by atoms with Crippen LogP contribution in [0.2, 0.25) is 0 Å². The highest BCUT2D eigenvalue weighted by Crippen LogP contribution is 2.19. The molecule has 0 aromatic heterocycles. The van der Waals surface area contributed by atoms with Crippen molar-refractivity contribution in [2.24, 2.45) is 0 Å². The second kappa shape index (κ2) is 8.96. The average molecular weight is 326 g/mol. The average Bonchev–Trinajstić information content (AvgIpc) is 2.62. The molecule has 0 heterocycles. The van der Waals surface area contributed by atoms with Crippen LogP contribution in [0.5, 0.6) is 5.75 Å². The van der Waals surface area contributed by atoms with Crippen LogP contribution >= 0.6 is 0 Å². The van der Waals surface area contributed by atoms with E-state index in [0.717, 1.165) is 30.0 Å². The highest BCUT2D eigenvalue weighted by molar-refractivity contribution is 5.80. The summed E-state index contributed by atoms with van der Waals surface area (Å²) in [7, 11) is 2.01. The molecular formula is C20H26N2O2. The summed E-state index contributed by atoms with van der Waals surface area (Å²) in [5.41, 5.74) is 2.24. The molecule has 4 nitrogen and oxygen atoms in total. The number of nitrogens with zero attached hydrogens (tertiary/aromatic N) is 1. The fourth-order valence-corrected chi connectivity index (χ4v) is 2.46. The Hall–Kier alpha value is -2.49. The van der Waals surface area contributed by atoms with Gasteiger partial charge in [0.2, 0.25) is 0 Å². The van der Waals surface area contributed by atoms with Crippen LogP contribution in [0.25, 0.3) is 0 Å². The predicted molar refractivity (Wildman–Crippen MR) is 98.6 cm³/mol. The number of nitrogens with one attached hydrogen (secondary N) is 1. The predicted octanol–water partition coefficient (Wildman–Crippen LogP) is 3.27. The van der Waals surface area contributed by atoms with Crippen LogP contribution < -0.4 is 15.0 Å². The first-order valence-corrected chi connectivity index (χ1v) is 8.40. The number of ether oxygens (including phenoxy) is 1. The lowest BCUT2D eigenvalue weighted by atomic mass is 10.1. The Bertz CT molecular complexity index is 643. The standard InChI is InChI=1S/C20H26N2O2/c1-4-17-10-8-9-13-19(17)24-16(2)20(23)21-14-15-22(3)18-11-6-5-7-12-18/h5-13,16H,4,14-15H2,1-3H3,(H,21,23)/t16-/m0/s1. The van der Waals surface area contributed by atoms with E-state index >= 15 is 0 Å². The van der Waals surface area contributed by atoms with E-state index in [1.54, 1.807) is 6.92 Å². The van der Waals surface area contributed by atoms with Crippen molar-refractivity contribution >= 4 is 11.6 Å². The number of amides is 1. The van der Waals surface area contributed by atoms with Crippen LogP contribution in [0.1, 0.15) is 19.4 Å². The lowest BCUT2D eigenvalue weighted by Gasteiger charge is -2.21. The summed E-state index contributed by atoms with van der Waals surface area (Å²) in [6, 6.07) is 17.9. The molecule has 4 heteroatoms. The Balaban J connectivity index is 1.79. The summed E-state index contributed by atoms with van der Waals surface area (Å²) in [4.78, 5) is 14.3. The molecule has 0 radical (unpaired) electrons. The third-order valence-electron chi connectivity index (χ3n) is 3.97. The third-order valence-corrected chi connectivity index (χ3v) is 3.97. The monoisotopic (exact) mass is 326 g/mol. The van der Waals surface area contributed by atoms with Crippen molar-refractivity contribution in [3.8, 4) is 5.75 Å². The fourth-order valence-electron chi connectivity index (χ4n) is 2.46. The molecule has 0 saturated heterocycles. The zero-order valence-corrected chi connectivity index (χ0v) is 14.7. The van der Waals surface area contributed by atoms with Crippen molar-refractivity contribution in [3.63, 3.8) is 0 Å². The van der Waals surface area contributed by atoms with Crippen LogP contribution in [-0.4, -0.2) is 32.1 Å². The Morgan fingerprint density at radius 2 is 1.79 bits per heavy atom. The van der Waals surface area contributed by atoms with Gasteiger partial charge in [-0.3, -0.25) is 4.79 Å².